The van der Waals surface area contributed by atoms with Crippen molar-refractivity contribution >= 4 is 11.8 Å². The van der Waals surface area contributed by atoms with Crippen LogP contribution in [0, 0.1) is 5.82 Å². The summed E-state index contributed by atoms with van der Waals surface area (Å²) in [6.45, 7) is 2.56. The predicted octanol–water partition coefficient (Wildman–Crippen LogP) is 3.96. The van der Waals surface area contributed by atoms with Crippen LogP contribution in [0.25, 0.3) is 0 Å². The van der Waals surface area contributed by atoms with Crippen LogP contribution in [-0.4, -0.2) is 58.9 Å². The summed E-state index contributed by atoms with van der Waals surface area (Å²) < 4.78 is 83.0. The molecule has 1 aromatic carbocycles. The van der Waals surface area contributed by atoms with E-state index in [2.05, 4.69) is 9.97 Å². The summed E-state index contributed by atoms with van der Waals surface area (Å²) >= 11 is 0. The third kappa shape index (κ3) is 8.77. The van der Waals surface area contributed by atoms with Crippen molar-refractivity contribution in [3.8, 4) is 11.6 Å². The molecule has 0 amide bonds. The second kappa shape index (κ2) is 11.4. The zero-order chi connectivity index (χ0) is 26.4. The largest absolute Gasteiger partial charge is 0.490 e. The summed E-state index contributed by atoms with van der Waals surface area (Å²) in [5, 5.41) is 7.12. The fourth-order valence-corrected chi connectivity index (χ4v) is 2.92. The van der Waals surface area contributed by atoms with Gasteiger partial charge in [-0.3, -0.25) is 0 Å². The lowest BCUT2D eigenvalue weighted by molar-refractivity contribution is -0.192. The fourth-order valence-electron chi connectivity index (χ4n) is 2.92. The summed E-state index contributed by atoms with van der Waals surface area (Å²) in [6, 6.07) is 7.46. The zero-order valence-corrected chi connectivity index (χ0v) is 18.7. The van der Waals surface area contributed by atoms with E-state index in [1.165, 1.54) is 0 Å². The van der Waals surface area contributed by atoms with Crippen LogP contribution in [0.2, 0.25) is 0 Å². The van der Waals surface area contributed by atoms with Crippen LogP contribution in [0.1, 0.15) is 31.9 Å². The van der Waals surface area contributed by atoms with Gasteiger partial charge < -0.3 is 25.2 Å². The lowest BCUT2D eigenvalue weighted by Crippen LogP contribution is -2.27. The minimum Gasteiger partial charge on any atom is -0.489 e. The van der Waals surface area contributed by atoms with E-state index < -0.39 is 36.4 Å². The Kier molecular flexibility index (Phi) is 9.12. The number of aliphatic carboxylic acids is 1. The second-order valence-corrected chi connectivity index (χ2v) is 7.81. The molecule has 2 heterocycles. The molecule has 0 radical (unpaired) electrons. The first-order valence-electron chi connectivity index (χ1n) is 10.3. The van der Waals surface area contributed by atoms with E-state index in [9.17, 15) is 26.3 Å². The molecule has 3 rings (SSSR count). The maximum absolute atomic E-state index is 14.6. The SMILES string of the molecule is C[C@H](N)c1ccc(O[C@@H]2CCN(c3ncnc(OCC(C)(F)F)c3F)C2)cc1.O=C(O)C(F)(F)F. The third-order valence-corrected chi connectivity index (χ3v) is 4.60. The summed E-state index contributed by atoms with van der Waals surface area (Å²) in [5.41, 5.74) is 6.84. The number of carboxylic acids is 1. The number of carboxylic acid groups (broad SMARTS) is 1. The van der Waals surface area contributed by atoms with Gasteiger partial charge in [-0.1, -0.05) is 12.1 Å². The summed E-state index contributed by atoms with van der Waals surface area (Å²) in [4.78, 5) is 18.1. The number of hydrogen-bond donors (Lipinski definition) is 2. The molecule has 0 bridgehead atoms. The molecule has 14 heteroatoms. The first-order valence-corrected chi connectivity index (χ1v) is 10.3. The highest BCUT2D eigenvalue weighted by atomic mass is 19.4. The van der Waals surface area contributed by atoms with Gasteiger partial charge in [-0.15, -0.1) is 0 Å². The van der Waals surface area contributed by atoms with Gasteiger partial charge in [0.05, 0.1) is 6.54 Å². The van der Waals surface area contributed by atoms with E-state index in [4.69, 9.17) is 25.1 Å². The van der Waals surface area contributed by atoms with Gasteiger partial charge in [0.1, 0.15) is 18.2 Å². The van der Waals surface area contributed by atoms with E-state index in [0.717, 1.165) is 11.9 Å². The Hall–Kier alpha value is -3.29. The molecule has 1 saturated heterocycles. The lowest BCUT2D eigenvalue weighted by Gasteiger charge is -2.19. The number of nitrogens with zero attached hydrogens (tertiary/aromatic N) is 3. The van der Waals surface area contributed by atoms with Crippen LogP contribution in [0.4, 0.5) is 32.2 Å². The Bertz CT molecular complexity index is 983. The number of ether oxygens (including phenoxy) is 2. The van der Waals surface area contributed by atoms with E-state index in [-0.39, 0.29) is 18.0 Å². The molecule has 3 N–H and O–H groups in total. The number of nitrogens with two attached hydrogens (primary N) is 1. The number of benzene rings is 1. The highest BCUT2D eigenvalue weighted by Gasteiger charge is 2.38. The van der Waals surface area contributed by atoms with Gasteiger partial charge in [-0.05, 0) is 24.6 Å². The lowest BCUT2D eigenvalue weighted by atomic mass is 10.1. The van der Waals surface area contributed by atoms with Crippen molar-refractivity contribution in [2.24, 2.45) is 5.73 Å². The zero-order valence-electron chi connectivity index (χ0n) is 18.7. The molecule has 1 fully saturated rings. The average Bonchev–Trinajstić information content (AvgIpc) is 3.20. The third-order valence-electron chi connectivity index (χ3n) is 4.60. The monoisotopic (exact) mass is 510 g/mol. The summed E-state index contributed by atoms with van der Waals surface area (Å²) in [6.07, 6.45) is -3.47. The molecule has 0 aliphatic carbocycles. The van der Waals surface area contributed by atoms with Crippen LogP contribution in [0.15, 0.2) is 30.6 Å². The summed E-state index contributed by atoms with van der Waals surface area (Å²) in [7, 11) is 0. The van der Waals surface area contributed by atoms with Gasteiger partial charge in [-0.25, -0.2) is 18.6 Å². The Morgan fingerprint density at radius 3 is 2.34 bits per heavy atom. The number of alkyl halides is 5. The van der Waals surface area contributed by atoms with Crippen LogP contribution in [-0.2, 0) is 4.79 Å². The summed E-state index contributed by atoms with van der Waals surface area (Å²) in [5.74, 6) is -6.46. The van der Waals surface area contributed by atoms with E-state index in [0.29, 0.717) is 32.2 Å². The van der Waals surface area contributed by atoms with Crippen molar-refractivity contribution in [3.05, 3.63) is 42.0 Å². The molecular formula is C21H24F6N4O4. The van der Waals surface area contributed by atoms with Gasteiger partial charge in [0.25, 0.3) is 11.8 Å². The molecule has 1 aliphatic heterocycles. The van der Waals surface area contributed by atoms with Crippen molar-refractivity contribution in [2.75, 3.05) is 24.6 Å². The molecule has 0 spiro atoms. The van der Waals surface area contributed by atoms with Crippen LogP contribution < -0.4 is 20.1 Å². The molecule has 8 nitrogen and oxygen atoms in total. The second-order valence-electron chi connectivity index (χ2n) is 7.81. The minimum absolute atomic E-state index is 0.0165. The number of rotatable bonds is 7. The number of carbonyl (C=O) groups is 1. The Labute approximate surface area is 196 Å². The van der Waals surface area contributed by atoms with E-state index >= 15 is 0 Å². The number of halogens is 6. The van der Waals surface area contributed by atoms with Gasteiger partial charge in [0.15, 0.2) is 12.4 Å². The maximum Gasteiger partial charge on any atom is 0.490 e. The van der Waals surface area contributed by atoms with Crippen LogP contribution in [0.5, 0.6) is 11.6 Å². The topological polar surface area (TPSA) is 111 Å². The fraction of sp³-hybridized carbons (Fsp3) is 0.476. The van der Waals surface area contributed by atoms with Gasteiger partial charge in [0, 0.05) is 25.9 Å². The van der Waals surface area contributed by atoms with Crippen molar-refractivity contribution in [1.29, 1.82) is 0 Å². The molecule has 2 aromatic rings. The Morgan fingerprint density at radius 2 is 1.83 bits per heavy atom. The normalized spacial score (nSPS) is 16.8. The highest BCUT2D eigenvalue weighted by Crippen LogP contribution is 2.28. The predicted molar refractivity (Wildman–Crippen MR) is 112 cm³/mol. The van der Waals surface area contributed by atoms with Crippen molar-refractivity contribution in [1.82, 2.24) is 9.97 Å². The van der Waals surface area contributed by atoms with Crippen molar-refractivity contribution < 1.29 is 45.7 Å². The quantitative estimate of drug-likeness (QED) is 0.539. The number of hydrogen-bond acceptors (Lipinski definition) is 7. The van der Waals surface area contributed by atoms with Crippen molar-refractivity contribution in [3.63, 3.8) is 0 Å². The first kappa shape index (κ1) is 28.0. The molecule has 35 heavy (non-hydrogen) atoms. The molecule has 1 aromatic heterocycles. The van der Waals surface area contributed by atoms with Gasteiger partial charge in [-0.2, -0.15) is 22.5 Å². The average molecular weight is 510 g/mol. The molecule has 1 aliphatic rings. The molecule has 0 saturated carbocycles. The number of aromatic nitrogens is 2. The Morgan fingerprint density at radius 1 is 1.23 bits per heavy atom. The maximum atomic E-state index is 14.6. The van der Waals surface area contributed by atoms with Crippen LogP contribution >= 0.6 is 0 Å². The molecule has 194 valence electrons. The standard InChI is InChI=1S/C19H23F3N4O2.C2HF3O2/c1-12(23)13-3-5-14(6-4-13)28-15-7-8-26(9-15)17-16(20)18(25-11-24-17)27-10-19(2,21)22;3-2(4,5)1(6)7/h3-6,11-12,15H,7-10,23H2,1-2H3;(H,6,7)/t12-,15+;/m0./s1. The highest BCUT2D eigenvalue weighted by molar-refractivity contribution is 5.73. The smallest absolute Gasteiger partial charge is 0.489 e. The molecule has 0 unspecified atom stereocenters. The van der Waals surface area contributed by atoms with E-state index in [1.54, 1.807) is 4.90 Å². The Balaban J connectivity index is 0.000000540. The van der Waals surface area contributed by atoms with Gasteiger partial charge >= 0.3 is 12.1 Å². The minimum atomic E-state index is -5.08. The van der Waals surface area contributed by atoms with Gasteiger partial charge in [0.2, 0.25) is 5.82 Å². The molecule has 2 atom stereocenters. The number of anilines is 1. The molecular weight excluding hydrogens is 486 g/mol. The van der Waals surface area contributed by atoms with Crippen molar-refractivity contribution in [2.45, 2.75) is 44.5 Å². The first-order chi connectivity index (χ1) is 16.2. The van der Waals surface area contributed by atoms with Crippen LogP contribution in [0.3, 0.4) is 0 Å². The van der Waals surface area contributed by atoms with E-state index in [1.807, 2.05) is 31.2 Å².